The highest BCUT2D eigenvalue weighted by molar-refractivity contribution is 5.35. The van der Waals surface area contributed by atoms with E-state index in [9.17, 15) is 0 Å². The van der Waals surface area contributed by atoms with Gasteiger partial charge in [-0.2, -0.15) is 0 Å². The van der Waals surface area contributed by atoms with Crippen molar-refractivity contribution in [2.75, 3.05) is 33.0 Å². The molecule has 0 heterocycles. The predicted molar refractivity (Wildman–Crippen MR) is 81.4 cm³/mol. The largest absolute Gasteiger partial charge is 0.491 e. The molecule has 4 heteroatoms. The molecule has 0 radical (unpaired) electrons. The second-order valence-electron chi connectivity index (χ2n) is 4.97. The third-order valence-corrected chi connectivity index (χ3v) is 3.21. The number of hydrogen-bond donors (Lipinski definition) is 2. The molecule has 1 aromatic rings. The molecule has 0 spiro atoms. The van der Waals surface area contributed by atoms with Crippen LogP contribution in [0.2, 0.25) is 0 Å². The van der Waals surface area contributed by atoms with Gasteiger partial charge in [0.1, 0.15) is 12.4 Å². The summed E-state index contributed by atoms with van der Waals surface area (Å²) in [4.78, 5) is 0. The van der Waals surface area contributed by atoms with Gasteiger partial charge in [-0.15, -0.1) is 0 Å². The van der Waals surface area contributed by atoms with Crippen molar-refractivity contribution in [3.8, 4) is 5.75 Å². The Balaban J connectivity index is 2.07. The molecule has 0 bridgehead atoms. The maximum atomic E-state index is 9.01. The van der Waals surface area contributed by atoms with Crippen LogP contribution in [0, 0.1) is 13.8 Å². The average Bonchev–Trinajstić information content (AvgIpc) is 2.44. The molecule has 1 rings (SSSR count). The van der Waals surface area contributed by atoms with Crippen molar-refractivity contribution in [1.29, 1.82) is 0 Å². The summed E-state index contributed by atoms with van der Waals surface area (Å²) in [6.07, 6.45) is 0.923. The van der Waals surface area contributed by atoms with Crippen LogP contribution >= 0.6 is 0 Å². The molecule has 0 fully saturated rings. The molecule has 0 saturated carbocycles. The van der Waals surface area contributed by atoms with E-state index in [0.29, 0.717) is 19.8 Å². The van der Waals surface area contributed by atoms with Crippen molar-refractivity contribution in [2.45, 2.75) is 33.2 Å². The Morgan fingerprint density at radius 2 is 2.00 bits per heavy atom. The molecule has 1 aromatic carbocycles. The van der Waals surface area contributed by atoms with Crippen LogP contribution in [0.4, 0.5) is 0 Å². The third-order valence-electron chi connectivity index (χ3n) is 3.21. The van der Waals surface area contributed by atoms with Gasteiger partial charge in [-0.05, 0) is 31.9 Å². The first kappa shape index (κ1) is 17.0. The minimum Gasteiger partial charge on any atom is -0.491 e. The Morgan fingerprint density at radius 3 is 2.65 bits per heavy atom. The number of aliphatic hydroxyl groups excluding tert-OH is 1. The van der Waals surface area contributed by atoms with Crippen molar-refractivity contribution in [1.82, 2.24) is 5.32 Å². The summed E-state index contributed by atoms with van der Waals surface area (Å²) in [5, 5.41) is 12.2. The molecule has 0 unspecified atom stereocenters. The number of aliphatic hydroxyl groups is 1. The number of aryl methyl sites for hydroxylation is 2. The van der Waals surface area contributed by atoms with Gasteiger partial charge >= 0.3 is 0 Å². The van der Waals surface area contributed by atoms with Gasteiger partial charge in [0.15, 0.2) is 0 Å². The zero-order chi connectivity index (χ0) is 14.8. The number of ether oxygens (including phenoxy) is 2. The Hall–Kier alpha value is -1.10. The highest BCUT2D eigenvalue weighted by atomic mass is 16.5. The van der Waals surface area contributed by atoms with Gasteiger partial charge in [0, 0.05) is 12.6 Å². The van der Waals surface area contributed by atoms with Crippen molar-refractivity contribution in [3.05, 3.63) is 29.3 Å². The SMILES string of the molecule is CC[C@@H](CO)NCCOCCOc1ccc(C)cc1C. The maximum absolute atomic E-state index is 9.01. The maximum Gasteiger partial charge on any atom is 0.122 e. The monoisotopic (exact) mass is 281 g/mol. The first-order valence-electron chi connectivity index (χ1n) is 7.29. The van der Waals surface area contributed by atoms with Gasteiger partial charge in [0.05, 0.1) is 19.8 Å². The van der Waals surface area contributed by atoms with E-state index < -0.39 is 0 Å². The standard InChI is InChI=1S/C16H27NO3/c1-4-15(12-18)17-7-8-19-9-10-20-16-6-5-13(2)11-14(16)3/h5-6,11,15,17-18H,4,7-10,12H2,1-3H3/t15-/m0/s1. The molecule has 4 nitrogen and oxygen atoms in total. The van der Waals surface area contributed by atoms with Crippen LogP contribution in [0.1, 0.15) is 24.5 Å². The molecular formula is C16H27NO3. The van der Waals surface area contributed by atoms with Gasteiger partial charge in [-0.25, -0.2) is 0 Å². The van der Waals surface area contributed by atoms with E-state index in [4.69, 9.17) is 14.6 Å². The molecule has 0 amide bonds. The molecule has 2 N–H and O–H groups in total. The van der Waals surface area contributed by atoms with Crippen molar-refractivity contribution in [3.63, 3.8) is 0 Å². The van der Waals surface area contributed by atoms with Crippen molar-refractivity contribution >= 4 is 0 Å². The highest BCUT2D eigenvalue weighted by Crippen LogP contribution is 2.18. The predicted octanol–water partition coefficient (Wildman–Crippen LogP) is 2.06. The molecule has 0 aliphatic rings. The number of hydrogen-bond acceptors (Lipinski definition) is 4. The summed E-state index contributed by atoms with van der Waals surface area (Å²) < 4.78 is 11.2. The fourth-order valence-electron chi connectivity index (χ4n) is 1.95. The molecule has 114 valence electrons. The smallest absolute Gasteiger partial charge is 0.122 e. The van der Waals surface area contributed by atoms with Crippen LogP contribution in [-0.4, -0.2) is 44.1 Å². The summed E-state index contributed by atoms with van der Waals surface area (Å²) in [5.41, 5.74) is 2.40. The lowest BCUT2D eigenvalue weighted by Crippen LogP contribution is -2.34. The summed E-state index contributed by atoms with van der Waals surface area (Å²) in [6.45, 7) is 8.86. The van der Waals surface area contributed by atoms with E-state index in [1.54, 1.807) is 0 Å². The van der Waals surface area contributed by atoms with E-state index in [1.165, 1.54) is 5.56 Å². The fourth-order valence-corrected chi connectivity index (χ4v) is 1.95. The van der Waals surface area contributed by atoms with Crippen LogP contribution in [-0.2, 0) is 4.74 Å². The van der Waals surface area contributed by atoms with E-state index in [1.807, 2.05) is 26.0 Å². The van der Waals surface area contributed by atoms with Crippen molar-refractivity contribution in [2.24, 2.45) is 0 Å². The quantitative estimate of drug-likeness (QED) is 0.645. The molecule has 0 aliphatic heterocycles. The van der Waals surface area contributed by atoms with Gasteiger partial charge in [0.25, 0.3) is 0 Å². The Morgan fingerprint density at radius 1 is 1.20 bits per heavy atom. The minimum atomic E-state index is 0.171. The normalized spacial score (nSPS) is 12.4. The van der Waals surface area contributed by atoms with E-state index >= 15 is 0 Å². The lowest BCUT2D eigenvalue weighted by atomic mass is 10.1. The molecule has 20 heavy (non-hydrogen) atoms. The summed E-state index contributed by atoms with van der Waals surface area (Å²) in [6, 6.07) is 6.33. The summed E-state index contributed by atoms with van der Waals surface area (Å²) >= 11 is 0. The summed E-state index contributed by atoms with van der Waals surface area (Å²) in [7, 11) is 0. The first-order valence-corrected chi connectivity index (χ1v) is 7.29. The van der Waals surface area contributed by atoms with E-state index in [-0.39, 0.29) is 12.6 Å². The summed E-state index contributed by atoms with van der Waals surface area (Å²) in [5.74, 6) is 0.920. The number of nitrogens with one attached hydrogen (secondary N) is 1. The number of rotatable bonds is 10. The third kappa shape index (κ3) is 6.37. The van der Waals surface area contributed by atoms with Crippen LogP contribution in [0.5, 0.6) is 5.75 Å². The van der Waals surface area contributed by atoms with Gasteiger partial charge in [0.2, 0.25) is 0 Å². The fraction of sp³-hybridized carbons (Fsp3) is 0.625. The van der Waals surface area contributed by atoms with Gasteiger partial charge in [-0.1, -0.05) is 24.6 Å². The lowest BCUT2D eigenvalue weighted by Gasteiger charge is -2.14. The molecular weight excluding hydrogens is 254 g/mol. The molecule has 0 aliphatic carbocycles. The minimum absolute atomic E-state index is 0.171. The van der Waals surface area contributed by atoms with Crippen LogP contribution < -0.4 is 10.1 Å². The Kier molecular flexibility index (Phi) is 8.26. The second kappa shape index (κ2) is 9.75. The first-order chi connectivity index (χ1) is 9.67. The van der Waals surface area contributed by atoms with Crippen LogP contribution in [0.3, 0.4) is 0 Å². The number of benzene rings is 1. The Bertz CT molecular complexity index is 378. The van der Waals surface area contributed by atoms with E-state index in [2.05, 4.69) is 18.3 Å². The topological polar surface area (TPSA) is 50.7 Å². The highest BCUT2D eigenvalue weighted by Gasteiger charge is 2.02. The zero-order valence-electron chi connectivity index (χ0n) is 12.8. The van der Waals surface area contributed by atoms with Gasteiger partial charge < -0.3 is 19.9 Å². The second-order valence-corrected chi connectivity index (χ2v) is 4.97. The molecule has 1 atom stereocenters. The molecule has 0 saturated heterocycles. The average molecular weight is 281 g/mol. The van der Waals surface area contributed by atoms with E-state index in [0.717, 1.165) is 24.3 Å². The molecule has 0 aromatic heterocycles. The lowest BCUT2D eigenvalue weighted by molar-refractivity contribution is 0.0979. The van der Waals surface area contributed by atoms with Crippen LogP contribution in [0.15, 0.2) is 18.2 Å². The zero-order valence-corrected chi connectivity index (χ0v) is 12.8. The van der Waals surface area contributed by atoms with Gasteiger partial charge in [-0.3, -0.25) is 0 Å². The Labute approximate surface area is 122 Å². The van der Waals surface area contributed by atoms with Crippen LogP contribution in [0.25, 0.3) is 0 Å². The van der Waals surface area contributed by atoms with Crippen molar-refractivity contribution < 1.29 is 14.6 Å².